The molecule has 0 amide bonds. The van der Waals surface area contributed by atoms with Gasteiger partial charge in [0.05, 0.1) is 18.1 Å². The molecule has 1 aromatic carbocycles. The van der Waals surface area contributed by atoms with Gasteiger partial charge in [-0.3, -0.25) is 14.5 Å². The van der Waals surface area contributed by atoms with Crippen molar-refractivity contribution in [3.8, 4) is 5.75 Å². The highest BCUT2D eigenvalue weighted by molar-refractivity contribution is 5.97. The normalized spacial score (nSPS) is 18.7. The van der Waals surface area contributed by atoms with E-state index in [1.54, 1.807) is 6.92 Å². The van der Waals surface area contributed by atoms with Gasteiger partial charge in [-0.25, -0.2) is 4.39 Å². The first-order valence-corrected chi connectivity index (χ1v) is 7.83. The summed E-state index contributed by atoms with van der Waals surface area (Å²) >= 11 is 0. The number of rotatable bonds is 5. The topological polar surface area (TPSA) is 66.8 Å². The average Bonchev–Trinajstić information content (AvgIpc) is 2.51. The van der Waals surface area contributed by atoms with Gasteiger partial charge in [0.25, 0.3) is 0 Å². The second-order valence-corrected chi connectivity index (χ2v) is 5.84. The molecule has 0 spiro atoms. The van der Waals surface area contributed by atoms with Crippen LogP contribution in [0.1, 0.15) is 42.6 Å². The van der Waals surface area contributed by atoms with Gasteiger partial charge in [0, 0.05) is 18.7 Å². The quantitative estimate of drug-likeness (QED) is 0.666. The van der Waals surface area contributed by atoms with Crippen molar-refractivity contribution in [3.63, 3.8) is 0 Å². The minimum Gasteiger partial charge on any atom is -0.507 e. The molecule has 0 aromatic heterocycles. The molecule has 6 heteroatoms. The van der Waals surface area contributed by atoms with Gasteiger partial charge in [0.2, 0.25) is 0 Å². The maximum absolute atomic E-state index is 13.7. The number of nitrogens with zero attached hydrogens (tertiary/aromatic N) is 1. The Bertz CT molecular complexity index is 603. The minimum absolute atomic E-state index is 0.0149. The van der Waals surface area contributed by atoms with Crippen LogP contribution >= 0.6 is 0 Å². The van der Waals surface area contributed by atoms with Gasteiger partial charge >= 0.3 is 5.97 Å². The lowest BCUT2D eigenvalue weighted by atomic mass is 9.97. The molecule has 23 heavy (non-hydrogen) atoms. The Labute approximate surface area is 135 Å². The average molecular weight is 323 g/mol. The molecule has 1 fully saturated rings. The third kappa shape index (κ3) is 4.28. The van der Waals surface area contributed by atoms with Crippen LogP contribution in [0.2, 0.25) is 0 Å². The molecule has 1 aliphatic heterocycles. The van der Waals surface area contributed by atoms with E-state index in [4.69, 9.17) is 4.74 Å². The van der Waals surface area contributed by atoms with Crippen LogP contribution in [0.4, 0.5) is 4.39 Å². The van der Waals surface area contributed by atoms with Crippen molar-refractivity contribution in [2.24, 2.45) is 5.92 Å². The van der Waals surface area contributed by atoms with Crippen molar-refractivity contribution in [1.29, 1.82) is 0 Å². The number of piperidine rings is 1. The SMILES string of the molecule is CCOC(=O)C1CCCN(Cc2cc(F)cc(C(C)=O)c2O)C1. The molecule has 1 N–H and O–H groups in total. The van der Waals surface area contributed by atoms with Crippen molar-refractivity contribution >= 4 is 11.8 Å². The van der Waals surface area contributed by atoms with E-state index in [0.717, 1.165) is 25.5 Å². The molecule has 0 bridgehead atoms. The van der Waals surface area contributed by atoms with Crippen LogP contribution in [-0.2, 0) is 16.1 Å². The van der Waals surface area contributed by atoms with E-state index in [2.05, 4.69) is 0 Å². The van der Waals surface area contributed by atoms with E-state index in [1.807, 2.05) is 4.90 Å². The number of carbonyl (C=O) groups is 2. The van der Waals surface area contributed by atoms with E-state index < -0.39 is 5.82 Å². The Kier molecular flexibility index (Phi) is 5.71. The number of ether oxygens (including phenoxy) is 1. The van der Waals surface area contributed by atoms with Gasteiger partial charge in [0.1, 0.15) is 11.6 Å². The Morgan fingerprint density at radius 1 is 1.43 bits per heavy atom. The first-order valence-electron chi connectivity index (χ1n) is 7.83. The molecular formula is C17H22FNO4. The van der Waals surface area contributed by atoms with E-state index in [-0.39, 0.29) is 29.0 Å². The summed E-state index contributed by atoms with van der Waals surface area (Å²) in [4.78, 5) is 25.3. The number of benzene rings is 1. The van der Waals surface area contributed by atoms with Crippen molar-refractivity contribution < 1.29 is 23.8 Å². The second kappa shape index (κ2) is 7.55. The van der Waals surface area contributed by atoms with Crippen LogP contribution in [0.15, 0.2) is 12.1 Å². The van der Waals surface area contributed by atoms with Crippen molar-refractivity contribution in [3.05, 3.63) is 29.1 Å². The number of Topliss-reactive ketones (excluding diaryl/α,β-unsaturated/α-hetero) is 1. The van der Waals surface area contributed by atoms with Crippen LogP contribution in [0.5, 0.6) is 5.75 Å². The van der Waals surface area contributed by atoms with Crippen molar-refractivity contribution in [1.82, 2.24) is 4.90 Å². The maximum Gasteiger partial charge on any atom is 0.310 e. The molecule has 1 aromatic rings. The molecule has 126 valence electrons. The molecule has 0 saturated carbocycles. The van der Waals surface area contributed by atoms with Gasteiger partial charge in [-0.2, -0.15) is 0 Å². The van der Waals surface area contributed by atoms with Gasteiger partial charge in [-0.1, -0.05) is 0 Å². The fraction of sp³-hybridized carbons (Fsp3) is 0.529. The number of likely N-dealkylation sites (tertiary alicyclic amines) is 1. The first kappa shape index (κ1) is 17.4. The smallest absolute Gasteiger partial charge is 0.310 e. The number of aromatic hydroxyl groups is 1. The molecule has 1 saturated heterocycles. The monoisotopic (exact) mass is 323 g/mol. The van der Waals surface area contributed by atoms with Crippen molar-refractivity contribution in [2.75, 3.05) is 19.7 Å². The molecule has 1 unspecified atom stereocenters. The highest BCUT2D eigenvalue weighted by Gasteiger charge is 2.27. The Balaban J connectivity index is 2.12. The fourth-order valence-corrected chi connectivity index (χ4v) is 2.94. The van der Waals surface area contributed by atoms with Crippen LogP contribution in [0.3, 0.4) is 0 Å². The summed E-state index contributed by atoms with van der Waals surface area (Å²) in [6.07, 6.45) is 1.60. The molecule has 1 atom stereocenters. The number of phenols is 1. The van der Waals surface area contributed by atoms with Crippen LogP contribution in [0, 0.1) is 11.7 Å². The lowest BCUT2D eigenvalue weighted by Crippen LogP contribution is -2.39. The maximum atomic E-state index is 13.7. The molecule has 0 radical (unpaired) electrons. The summed E-state index contributed by atoms with van der Waals surface area (Å²) < 4.78 is 18.7. The highest BCUT2D eigenvalue weighted by atomic mass is 19.1. The van der Waals surface area contributed by atoms with Crippen LogP contribution in [0.25, 0.3) is 0 Å². The Morgan fingerprint density at radius 3 is 2.83 bits per heavy atom. The molecule has 2 rings (SSSR count). The van der Waals surface area contributed by atoms with E-state index in [0.29, 0.717) is 25.3 Å². The van der Waals surface area contributed by atoms with Gasteiger partial charge in [-0.15, -0.1) is 0 Å². The zero-order valence-corrected chi connectivity index (χ0v) is 13.5. The van der Waals surface area contributed by atoms with E-state index >= 15 is 0 Å². The van der Waals surface area contributed by atoms with Crippen LogP contribution < -0.4 is 0 Å². The largest absolute Gasteiger partial charge is 0.507 e. The lowest BCUT2D eigenvalue weighted by molar-refractivity contribution is -0.150. The number of ketones is 1. The van der Waals surface area contributed by atoms with Gasteiger partial charge < -0.3 is 9.84 Å². The predicted molar refractivity (Wildman–Crippen MR) is 82.7 cm³/mol. The summed E-state index contributed by atoms with van der Waals surface area (Å²) in [6, 6.07) is 2.27. The molecule has 0 aliphatic carbocycles. The Morgan fingerprint density at radius 2 is 2.17 bits per heavy atom. The minimum atomic E-state index is -0.554. The predicted octanol–water partition coefficient (Wildman–Crippen LogP) is 2.51. The fourth-order valence-electron chi connectivity index (χ4n) is 2.94. The molecule has 1 aliphatic rings. The third-order valence-electron chi connectivity index (χ3n) is 4.05. The number of carbonyl (C=O) groups excluding carboxylic acids is 2. The second-order valence-electron chi connectivity index (χ2n) is 5.84. The summed E-state index contributed by atoms with van der Waals surface area (Å²) in [6.45, 7) is 4.95. The first-order chi connectivity index (χ1) is 10.9. The molecule has 1 heterocycles. The van der Waals surface area contributed by atoms with Gasteiger partial charge in [0.15, 0.2) is 5.78 Å². The third-order valence-corrected chi connectivity index (χ3v) is 4.05. The van der Waals surface area contributed by atoms with Crippen molar-refractivity contribution in [2.45, 2.75) is 33.2 Å². The molecular weight excluding hydrogens is 301 g/mol. The standard InChI is InChI=1S/C17H22FNO4/c1-3-23-17(22)12-5-4-6-19(9-12)10-13-7-14(18)8-15(11(2)20)16(13)21/h7-8,12,21H,3-6,9-10H2,1-2H3. The number of halogens is 1. The summed E-state index contributed by atoms with van der Waals surface area (Å²) in [7, 11) is 0. The molecule has 5 nitrogen and oxygen atoms in total. The Hall–Kier alpha value is -1.95. The number of phenolic OH excluding ortho intramolecular Hbond substituents is 1. The summed E-state index contributed by atoms with van der Waals surface area (Å²) in [5.74, 6) is -1.54. The number of esters is 1. The number of hydrogen-bond donors (Lipinski definition) is 1. The van der Waals surface area contributed by atoms with Gasteiger partial charge in [-0.05, 0) is 45.4 Å². The highest BCUT2D eigenvalue weighted by Crippen LogP contribution is 2.28. The van der Waals surface area contributed by atoms with E-state index in [9.17, 15) is 19.1 Å². The van der Waals surface area contributed by atoms with E-state index in [1.165, 1.54) is 13.0 Å². The summed E-state index contributed by atoms with van der Waals surface area (Å²) in [5, 5.41) is 10.2. The summed E-state index contributed by atoms with van der Waals surface area (Å²) in [5.41, 5.74) is 0.346. The van der Waals surface area contributed by atoms with Crippen LogP contribution in [-0.4, -0.2) is 41.5 Å². The lowest BCUT2D eigenvalue weighted by Gasteiger charge is -2.31. The zero-order valence-electron chi connectivity index (χ0n) is 13.5. The number of hydrogen-bond acceptors (Lipinski definition) is 5. The zero-order chi connectivity index (χ0) is 17.0.